The molecule has 1 aromatic rings. The molecule has 0 radical (unpaired) electrons. The van der Waals surface area contributed by atoms with Gasteiger partial charge in [-0.3, -0.25) is 0 Å². The van der Waals surface area contributed by atoms with Crippen LogP contribution < -0.4 is 11.1 Å². The van der Waals surface area contributed by atoms with Crippen LogP contribution in [0.4, 0.5) is 11.4 Å². The molecule has 0 saturated heterocycles. The number of carboxylic acids is 1. The molecule has 0 fully saturated rings. The Morgan fingerprint density at radius 2 is 2.11 bits per heavy atom. The fourth-order valence-corrected chi connectivity index (χ4v) is 1.71. The third-order valence-corrected chi connectivity index (χ3v) is 2.66. The monoisotopic (exact) mass is 251 g/mol. The normalized spacial score (nSPS) is 10.6. The summed E-state index contributed by atoms with van der Waals surface area (Å²) in [6.45, 7) is 1.75. The first-order valence-electron chi connectivity index (χ1n) is 6.02. The van der Waals surface area contributed by atoms with Crippen LogP contribution in [-0.4, -0.2) is 43.2 Å². The molecule has 0 aromatic heterocycles. The van der Waals surface area contributed by atoms with Gasteiger partial charge in [-0.1, -0.05) is 6.07 Å². The summed E-state index contributed by atoms with van der Waals surface area (Å²) in [5.74, 6) is -0.960. The molecule has 0 saturated carbocycles. The maximum Gasteiger partial charge on any atom is 0.337 e. The standard InChI is InChI=1S/C13H21N3O2/c1-16(2)9-4-3-8-15-12-10(13(17)18)6-5-7-11(12)14/h5-7,15H,3-4,8-9,14H2,1-2H3,(H,17,18). The van der Waals surface area contributed by atoms with Gasteiger partial charge < -0.3 is 21.1 Å². The molecule has 5 heteroatoms. The second-order valence-electron chi connectivity index (χ2n) is 4.51. The third kappa shape index (κ3) is 4.25. The van der Waals surface area contributed by atoms with Gasteiger partial charge in [0.1, 0.15) is 0 Å². The number of hydrogen-bond acceptors (Lipinski definition) is 4. The Hall–Kier alpha value is -1.75. The minimum atomic E-state index is -0.960. The maximum atomic E-state index is 11.0. The summed E-state index contributed by atoms with van der Waals surface area (Å²) < 4.78 is 0. The summed E-state index contributed by atoms with van der Waals surface area (Å²) >= 11 is 0. The molecule has 0 aliphatic carbocycles. The van der Waals surface area contributed by atoms with E-state index in [1.807, 2.05) is 14.1 Å². The van der Waals surface area contributed by atoms with Gasteiger partial charge in [-0.2, -0.15) is 0 Å². The van der Waals surface area contributed by atoms with Gasteiger partial charge in [0.15, 0.2) is 0 Å². The predicted molar refractivity (Wildman–Crippen MR) is 74.1 cm³/mol. The van der Waals surface area contributed by atoms with E-state index in [2.05, 4.69) is 10.2 Å². The van der Waals surface area contributed by atoms with Crippen LogP contribution in [0.1, 0.15) is 23.2 Å². The Morgan fingerprint density at radius 1 is 1.39 bits per heavy atom. The fourth-order valence-electron chi connectivity index (χ4n) is 1.71. The van der Waals surface area contributed by atoms with Crippen LogP contribution in [0.5, 0.6) is 0 Å². The largest absolute Gasteiger partial charge is 0.478 e. The highest BCUT2D eigenvalue weighted by molar-refractivity contribution is 5.97. The number of benzene rings is 1. The second-order valence-corrected chi connectivity index (χ2v) is 4.51. The summed E-state index contributed by atoms with van der Waals surface area (Å²) in [6, 6.07) is 4.91. The highest BCUT2D eigenvalue weighted by Gasteiger charge is 2.11. The lowest BCUT2D eigenvalue weighted by Crippen LogP contribution is -2.15. The van der Waals surface area contributed by atoms with Crippen LogP contribution in [0.25, 0.3) is 0 Å². The van der Waals surface area contributed by atoms with E-state index in [1.54, 1.807) is 18.2 Å². The fraction of sp³-hybridized carbons (Fsp3) is 0.462. The van der Waals surface area contributed by atoms with Crippen molar-refractivity contribution in [2.24, 2.45) is 0 Å². The zero-order valence-corrected chi connectivity index (χ0v) is 10.9. The molecule has 5 nitrogen and oxygen atoms in total. The molecule has 0 amide bonds. The molecule has 100 valence electrons. The van der Waals surface area contributed by atoms with Gasteiger partial charge in [-0.25, -0.2) is 4.79 Å². The lowest BCUT2D eigenvalue weighted by atomic mass is 10.1. The van der Waals surface area contributed by atoms with E-state index in [1.165, 1.54) is 0 Å². The van der Waals surface area contributed by atoms with Gasteiger partial charge in [0.25, 0.3) is 0 Å². The number of nitrogen functional groups attached to an aromatic ring is 1. The molecule has 0 spiro atoms. The molecule has 1 rings (SSSR count). The van der Waals surface area contributed by atoms with Gasteiger partial charge in [0.2, 0.25) is 0 Å². The lowest BCUT2D eigenvalue weighted by molar-refractivity contribution is 0.0698. The number of anilines is 2. The summed E-state index contributed by atoms with van der Waals surface area (Å²) in [4.78, 5) is 13.2. The van der Waals surface area contributed by atoms with Crippen molar-refractivity contribution in [3.8, 4) is 0 Å². The zero-order chi connectivity index (χ0) is 13.5. The SMILES string of the molecule is CN(C)CCCCNc1c(N)cccc1C(=O)O. The van der Waals surface area contributed by atoms with E-state index < -0.39 is 5.97 Å². The summed E-state index contributed by atoms with van der Waals surface area (Å²) in [5, 5.41) is 12.2. The van der Waals surface area contributed by atoms with Crippen molar-refractivity contribution in [2.75, 3.05) is 38.2 Å². The molecular weight excluding hydrogens is 230 g/mol. The maximum absolute atomic E-state index is 11.0. The van der Waals surface area contributed by atoms with Crippen LogP contribution in [0, 0.1) is 0 Å². The van der Waals surface area contributed by atoms with Crippen molar-refractivity contribution >= 4 is 17.3 Å². The minimum Gasteiger partial charge on any atom is -0.478 e. The topological polar surface area (TPSA) is 78.6 Å². The molecule has 0 heterocycles. The number of aromatic carboxylic acids is 1. The van der Waals surface area contributed by atoms with Crippen LogP contribution in [0.15, 0.2) is 18.2 Å². The van der Waals surface area contributed by atoms with E-state index in [4.69, 9.17) is 10.8 Å². The van der Waals surface area contributed by atoms with Crippen LogP contribution >= 0.6 is 0 Å². The first-order chi connectivity index (χ1) is 8.52. The van der Waals surface area contributed by atoms with Gasteiger partial charge in [-0.15, -0.1) is 0 Å². The van der Waals surface area contributed by atoms with Crippen molar-refractivity contribution in [2.45, 2.75) is 12.8 Å². The van der Waals surface area contributed by atoms with Crippen LogP contribution in [0.3, 0.4) is 0 Å². The number of hydrogen-bond donors (Lipinski definition) is 3. The number of nitrogens with two attached hydrogens (primary N) is 1. The smallest absolute Gasteiger partial charge is 0.337 e. The van der Waals surface area contributed by atoms with Crippen LogP contribution in [0.2, 0.25) is 0 Å². The Balaban J connectivity index is 2.53. The lowest BCUT2D eigenvalue weighted by Gasteiger charge is -2.13. The summed E-state index contributed by atoms with van der Waals surface area (Å²) in [6.07, 6.45) is 2.04. The van der Waals surface area contributed by atoms with E-state index in [0.717, 1.165) is 25.9 Å². The Labute approximate surface area is 108 Å². The Morgan fingerprint density at radius 3 is 2.72 bits per heavy atom. The number of nitrogens with one attached hydrogen (secondary N) is 1. The molecule has 0 aliphatic rings. The van der Waals surface area contributed by atoms with Gasteiger partial charge in [-0.05, 0) is 45.6 Å². The summed E-state index contributed by atoms with van der Waals surface area (Å²) in [5.41, 5.74) is 7.01. The quantitative estimate of drug-likeness (QED) is 0.508. The number of nitrogens with zero attached hydrogens (tertiary/aromatic N) is 1. The first-order valence-corrected chi connectivity index (χ1v) is 6.02. The average molecular weight is 251 g/mol. The highest BCUT2D eigenvalue weighted by Crippen LogP contribution is 2.23. The van der Waals surface area contributed by atoms with Crippen molar-refractivity contribution in [1.82, 2.24) is 4.90 Å². The molecule has 0 bridgehead atoms. The summed E-state index contributed by atoms with van der Waals surface area (Å²) in [7, 11) is 4.07. The van der Waals surface area contributed by atoms with Crippen molar-refractivity contribution < 1.29 is 9.90 Å². The molecule has 0 unspecified atom stereocenters. The van der Waals surface area contributed by atoms with Crippen molar-refractivity contribution in [3.05, 3.63) is 23.8 Å². The second kappa shape index (κ2) is 6.86. The molecule has 1 aromatic carbocycles. The van der Waals surface area contributed by atoms with E-state index >= 15 is 0 Å². The molecule has 0 atom stereocenters. The minimum absolute atomic E-state index is 0.225. The molecule has 0 aliphatic heterocycles. The van der Waals surface area contributed by atoms with E-state index in [0.29, 0.717) is 11.4 Å². The number of carboxylic acid groups (broad SMARTS) is 1. The predicted octanol–water partition coefficient (Wildman–Crippen LogP) is 1.72. The van der Waals surface area contributed by atoms with Crippen LogP contribution in [-0.2, 0) is 0 Å². The van der Waals surface area contributed by atoms with Gasteiger partial charge in [0.05, 0.1) is 16.9 Å². The van der Waals surface area contributed by atoms with E-state index in [9.17, 15) is 4.79 Å². The van der Waals surface area contributed by atoms with Gasteiger partial charge >= 0.3 is 5.97 Å². The molecular formula is C13H21N3O2. The number of para-hydroxylation sites is 1. The number of carbonyl (C=O) groups is 1. The van der Waals surface area contributed by atoms with Crippen molar-refractivity contribution in [1.29, 1.82) is 0 Å². The first kappa shape index (κ1) is 14.3. The molecule has 4 N–H and O–H groups in total. The zero-order valence-electron chi connectivity index (χ0n) is 10.9. The van der Waals surface area contributed by atoms with Crippen molar-refractivity contribution in [3.63, 3.8) is 0 Å². The molecule has 18 heavy (non-hydrogen) atoms. The van der Waals surface area contributed by atoms with E-state index in [-0.39, 0.29) is 5.56 Å². The number of rotatable bonds is 7. The van der Waals surface area contributed by atoms with Gasteiger partial charge in [0, 0.05) is 6.54 Å². The third-order valence-electron chi connectivity index (χ3n) is 2.66. The Bertz CT molecular complexity index is 405. The highest BCUT2D eigenvalue weighted by atomic mass is 16.4. The Kier molecular flexibility index (Phi) is 5.45. The number of unbranched alkanes of at least 4 members (excludes halogenated alkanes) is 1. The average Bonchev–Trinajstić information content (AvgIpc) is 2.29.